The third kappa shape index (κ3) is 2.96. The van der Waals surface area contributed by atoms with E-state index in [1.54, 1.807) is 0 Å². The summed E-state index contributed by atoms with van der Waals surface area (Å²) in [6.07, 6.45) is 0. The Morgan fingerprint density at radius 2 is 2.21 bits per heavy atom. The molecular weight excluding hydrogens is 180 g/mol. The fraction of sp³-hybridized carbons (Fsp3) is 0.900. The first kappa shape index (κ1) is 11.5. The molecule has 0 bridgehead atoms. The number of rotatable bonds is 5. The summed E-state index contributed by atoms with van der Waals surface area (Å²) < 4.78 is 0. The Hall–Kier alpha value is -0.610. The van der Waals surface area contributed by atoms with Crippen molar-refractivity contribution in [3.05, 3.63) is 0 Å². The van der Waals surface area contributed by atoms with Crippen LogP contribution in [0.1, 0.15) is 13.8 Å². The van der Waals surface area contributed by atoms with Crippen molar-refractivity contribution in [2.45, 2.75) is 13.8 Å². The zero-order chi connectivity index (χ0) is 10.6. The van der Waals surface area contributed by atoms with Crippen molar-refractivity contribution in [2.24, 2.45) is 17.8 Å². The highest BCUT2D eigenvalue weighted by Gasteiger charge is 2.28. The van der Waals surface area contributed by atoms with E-state index in [0.29, 0.717) is 12.5 Å². The molecule has 4 heteroatoms. The van der Waals surface area contributed by atoms with Gasteiger partial charge in [-0.05, 0) is 24.9 Å². The van der Waals surface area contributed by atoms with Crippen LogP contribution >= 0.6 is 0 Å². The molecule has 1 fully saturated rings. The summed E-state index contributed by atoms with van der Waals surface area (Å²) in [6.45, 7) is 6.47. The van der Waals surface area contributed by atoms with Crippen LogP contribution in [0.25, 0.3) is 0 Å². The number of hydrogen-bond donors (Lipinski definition) is 3. The Balaban J connectivity index is 2.19. The highest BCUT2D eigenvalue weighted by Crippen LogP contribution is 2.15. The topological polar surface area (TPSA) is 61.4 Å². The molecule has 0 aromatic rings. The second-order valence-corrected chi connectivity index (χ2v) is 4.24. The van der Waals surface area contributed by atoms with Crippen molar-refractivity contribution < 1.29 is 9.90 Å². The Kier molecular flexibility index (Phi) is 4.35. The van der Waals surface area contributed by atoms with Crippen molar-refractivity contribution in [2.75, 3.05) is 26.2 Å². The van der Waals surface area contributed by atoms with Gasteiger partial charge in [0.2, 0.25) is 5.91 Å². The molecule has 1 amide bonds. The van der Waals surface area contributed by atoms with Crippen molar-refractivity contribution in [3.8, 4) is 0 Å². The van der Waals surface area contributed by atoms with Crippen LogP contribution in [0.2, 0.25) is 0 Å². The molecule has 0 saturated carbocycles. The van der Waals surface area contributed by atoms with Crippen molar-refractivity contribution in [3.63, 3.8) is 0 Å². The van der Waals surface area contributed by atoms with Gasteiger partial charge in [-0.1, -0.05) is 13.8 Å². The summed E-state index contributed by atoms with van der Waals surface area (Å²) >= 11 is 0. The molecule has 1 aliphatic rings. The standard InChI is InChI=1S/C10H20N2O2/c1-7(6-13)3-12-10(14)8(2)9-4-11-5-9/h7-9,11,13H,3-6H2,1-2H3,(H,12,14). The lowest BCUT2D eigenvalue weighted by Gasteiger charge is -2.31. The van der Waals surface area contributed by atoms with Crippen LogP contribution in [-0.2, 0) is 4.79 Å². The largest absolute Gasteiger partial charge is 0.396 e. The summed E-state index contributed by atoms with van der Waals surface area (Å²) in [6, 6.07) is 0. The van der Waals surface area contributed by atoms with Gasteiger partial charge in [-0.25, -0.2) is 0 Å². The number of nitrogens with one attached hydrogen (secondary N) is 2. The lowest BCUT2D eigenvalue weighted by molar-refractivity contribution is -0.126. The minimum atomic E-state index is 0.0853. The van der Waals surface area contributed by atoms with Gasteiger partial charge in [0.1, 0.15) is 0 Å². The molecule has 1 rings (SSSR count). The summed E-state index contributed by atoms with van der Waals surface area (Å²) in [7, 11) is 0. The van der Waals surface area contributed by atoms with Crippen molar-refractivity contribution in [1.82, 2.24) is 10.6 Å². The number of carbonyl (C=O) groups is 1. The number of carbonyl (C=O) groups excluding carboxylic acids is 1. The Labute approximate surface area is 85.1 Å². The number of aliphatic hydroxyl groups is 1. The molecule has 2 atom stereocenters. The number of amides is 1. The minimum absolute atomic E-state index is 0.0853. The maximum absolute atomic E-state index is 11.6. The van der Waals surface area contributed by atoms with Gasteiger partial charge in [-0.2, -0.15) is 0 Å². The smallest absolute Gasteiger partial charge is 0.223 e. The quantitative estimate of drug-likeness (QED) is 0.565. The predicted octanol–water partition coefficient (Wildman–Crippen LogP) is -0.413. The van der Waals surface area contributed by atoms with Crippen LogP contribution in [0.4, 0.5) is 0 Å². The molecule has 0 aromatic heterocycles. The maximum Gasteiger partial charge on any atom is 0.223 e. The molecule has 0 radical (unpaired) electrons. The molecule has 14 heavy (non-hydrogen) atoms. The van der Waals surface area contributed by atoms with Gasteiger partial charge in [0.15, 0.2) is 0 Å². The minimum Gasteiger partial charge on any atom is -0.396 e. The van der Waals surface area contributed by atoms with Gasteiger partial charge in [0.25, 0.3) is 0 Å². The van der Waals surface area contributed by atoms with Crippen molar-refractivity contribution in [1.29, 1.82) is 0 Å². The highest BCUT2D eigenvalue weighted by atomic mass is 16.3. The first-order valence-corrected chi connectivity index (χ1v) is 5.24. The normalized spacial score (nSPS) is 21.1. The first-order chi connectivity index (χ1) is 6.65. The predicted molar refractivity (Wildman–Crippen MR) is 54.8 cm³/mol. The van der Waals surface area contributed by atoms with Crippen LogP contribution in [0, 0.1) is 17.8 Å². The van der Waals surface area contributed by atoms with Crippen LogP contribution in [0.3, 0.4) is 0 Å². The van der Waals surface area contributed by atoms with E-state index in [4.69, 9.17) is 5.11 Å². The molecule has 1 saturated heterocycles. The maximum atomic E-state index is 11.6. The summed E-state index contributed by atoms with van der Waals surface area (Å²) in [4.78, 5) is 11.6. The van der Waals surface area contributed by atoms with Crippen molar-refractivity contribution >= 4 is 5.91 Å². The van der Waals surface area contributed by atoms with E-state index < -0.39 is 0 Å². The molecule has 1 aliphatic heterocycles. The molecule has 1 heterocycles. The average molecular weight is 200 g/mol. The first-order valence-electron chi connectivity index (χ1n) is 5.24. The molecule has 3 N–H and O–H groups in total. The monoisotopic (exact) mass is 200 g/mol. The van der Waals surface area contributed by atoms with E-state index in [-0.39, 0.29) is 24.3 Å². The highest BCUT2D eigenvalue weighted by molar-refractivity contribution is 5.78. The van der Waals surface area contributed by atoms with Gasteiger partial charge in [0.05, 0.1) is 0 Å². The SMILES string of the molecule is CC(CO)CNC(=O)C(C)C1CNC1. The second kappa shape index (κ2) is 5.32. The lowest BCUT2D eigenvalue weighted by atomic mass is 9.88. The summed E-state index contributed by atoms with van der Waals surface area (Å²) in [5.74, 6) is 0.823. The van der Waals surface area contributed by atoms with Gasteiger partial charge < -0.3 is 15.7 Å². The van der Waals surface area contributed by atoms with E-state index in [0.717, 1.165) is 13.1 Å². The zero-order valence-electron chi connectivity index (χ0n) is 8.92. The lowest BCUT2D eigenvalue weighted by Crippen LogP contribution is -2.50. The Bertz CT molecular complexity index is 193. The molecule has 0 spiro atoms. The van der Waals surface area contributed by atoms with E-state index >= 15 is 0 Å². The van der Waals surface area contributed by atoms with Crippen LogP contribution < -0.4 is 10.6 Å². The van der Waals surface area contributed by atoms with Gasteiger partial charge in [-0.15, -0.1) is 0 Å². The average Bonchev–Trinajstić information content (AvgIpc) is 2.10. The molecule has 82 valence electrons. The fourth-order valence-corrected chi connectivity index (χ4v) is 1.38. The van der Waals surface area contributed by atoms with E-state index in [1.807, 2.05) is 13.8 Å². The summed E-state index contributed by atoms with van der Waals surface area (Å²) in [5.41, 5.74) is 0. The van der Waals surface area contributed by atoms with E-state index in [9.17, 15) is 4.79 Å². The van der Waals surface area contributed by atoms with Crippen LogP contribution in [0.5, 0.6) is 0 Å². The molecule has 2 unspecified atom stereocenters. The third-order valence-corrected chi connectivity index (χ3v) is 2.87. The van der Waals surface area contributed by atoms with Gasteiger partial charge >= 0.3 is 0 Å². The Morgan fingerprint density at radius 1 is 1.57 bits per heavy atom. The fourth-order valence-electron chi connectivity index (χ4n) is 1.38. The Morgan fingerprint density at radius 3 is 2.64 bits per heavy atom. The molecule has 0 aromatic carbocycles. The van der Waals surface area contributed by atoms with Gasteiger partial charge in [-0.3, -0.25) is 4.79 Å². The second-order valence-electron chi connectivity index (χ2n) is 4.24. The molecule has 0 aliphatic carbocycles. The van der Waals surface area contributed by atoms with E-state index in [1.165, 1.54) is 0 Å². The van der Waals surface area contributed by atoms with Crippen LogP contribution in [0.15, 0.2) is 0 Å². The van der Waals surface area contributed by atoms with E-state index in [2.05, 4.69) is 10.6 Å². The van der Waals surface area contributed by atoms with Crippen LogP contribution in [-0.4, -0.2) is 37.3 Å². The molecule has 4 nitrogen and oxygen atoms in total. The zero-order valence-corrected chi connectivity index (χ0v) is 8.92. The number of hydrogen-bond acceptors (Lipinski definition) is 3. The van der Waals surface area contributed by atoms with Gasteiger partial charge in [0, 0.05) is 19.1 Å². The molecular formula is C10H20N2O2. The number of aliphatic hydroxyl groups excluding tert-OH is 1. The summed E-state index contributed by atoms with van der Waals surface area (Å²) in [5, 5.41) is 14.8. The third-order valence-electron chi connectivity index (χ3n) is 2.87.